The zero-order valence-electron chi connectivity index (χ0n) is 12.7. The van der Waals surface area contributed by atoms with Crippen molar-refractivity contribution in [2.45, 2.75) is 31.1 Å². The van der Waals surface area contributed by atoms with Crippen molar-refractivity contribution in [1.82, 2.24) is 4.90 Å². The Bertz CT molecular complexity index is 506. The molecule has 4 nitrogen and oxygen atoms in total. The summed E-state index contributed by atoms with van der Waals surface area (Å²) < 4.78 is 5.26. The average molecular weight is 288 g/mol. The molecule has 2 fully saturated rings. The van der Waals surface area contributed by atoms with E-state index in [-0.39, 0.29) is 5.41 Å². The molecule has 2 N–H and O–H groups in total. The first-order chi connectivity index (χ1) is 10.2. The second-order valence-electron chi connectivity index (χ2n) is 6.42. The van der Waals surface area contributed by atoms with Crippen molar-refractivity contribution in [3.8, 4) is 0 Å². The van der Waals surface area contributed by atoms with Crippen LogP contribution in [-0.4, -0.2) is 37.6 Å². The molecular weight excluding hydrogens is 264 g/mol. The van der Waals surface area contributed by atoms with Crippen molar-refractivity contribution >= 4 is 11.6 Å². The van der Waals surface area contributed by atoms with Gasteiger partial charge in [0.1, 0.15) is 0 Å². The lowest BCUT2D eigenvalue weighted by molar-refractivity contribution is -0.136. The number of rotatable bonds is 4. The fraction of sp³-hybridized carbons (Fsp3) is 0.588. The predicted octanol–water partition coefficient (Wildman–Crippen LogP) is 2.19. The number of piperidine rings is 1. The maximum atomic E-state index is 13.0. The SMILES string of the molecule is COCC1CCCN(C(=O)C2(c3ccc(N)cc3)CC2)C1. The summed E-state index contributed by atoms with van der Waals surface area (Å²) in [6.45, 7) is 2.47. The Morgan fingerprint density at radius 1 is 1.38 bits per heavy atom. The van der Waals surface area contributed by atoms with E-state index in [9.17, 15) is 4.79 Å². The van der Waals surface area contributed by atoms with Gasteiger partial charge in [-0.05, 0) is 49.3 Å². The van der Waals surface area contributed by atoms with Crippen molar-refractivity contribution in [1.29, 1.82) is 0 Å². The van der Waals surface area contributed by atoms with Gasteiger partial charge in [-0.25, -0.2) is 0 Å². The van der Waals surface area contributed by atoms with E-state index in [4.69, 9.17) is 10.5 Å². The van der Waals surface area contributed by atoms with Crippen LogP contribution in [0.1, 0.15) is 31.2 Å². The van der Waals surface area contributed by atoms with Gasteiger partial charge < -0.3 is 15.4 Å². The molecule has 1 amide bonds. The highest BCUT2D eigenvalue weighted by atomic mass is 16.5. The fourth-order valence-corrected chi connectivity index (χ4v) is 3.48. The molecule has 0 aromatic heterocycles. The molecule has 1 atom stereocenters. The third kappa shape index (κ3) is 2.77. The van der Waals surface area contributed by atoms with Gasteiger partial charge in [0.15, 0.2) is 0 Å². The lowest BCUT2D eigenvalue weighted by Gasteiger charge is -2.35. The van der Waals surface area contributed by atoms with Gasteiger partial charge in [0.05, 0.1) is 12.0 Å². The Kier molecular flexibility index (Phi) is 3.89. The Hall–Kier alpha value is -1.55. The zero-order chi connectivity index (χ0) is 14.9. The molecule has 1 aliphatic carbocycles. The van der Waals surface area contributed by atoms with Crippen molar-refractivity contribution in [3.05, 3.63) is 29.8 Å². The number of amides is 1. The summed E-state index contributed by atoms with van der Waals surface area (Å²) in [5, 5.41) is 0. The van der Waals surface area contributed by atoms with E-state index in [0.717, 1.165) is 56.6 Å². The molecule has 1 heterocycles. The highest BCUT2D eigenvalue weighted by Gasteiger charge is 2.53. The van der Waals surface area contributed by atoms with E-state index in [1.165, 1.54) is 0 Å². The first-order valence-corrected chi connectivity index (χ1v) is 7.80. The smallest absolute Gasteiger partial charge is 0.233 e. The minimum absolute atomic E-state index is 0.275. The number of nitrogens with two attached hydrogens (primary N) is 1. The maximum Gasteiger partial charge on any atom is 0.233 e. The zero-order valence-corrected chi connectivity index (χ0v) is 12.7. The Morgan fingerprint density at radius 2 is 2.10 bits per heavy atom. The molecule has 1 saturated heterocycles. The second kappa shape index (κ2) is 5.68. The topological polar surface area (TPSA) is 55.6 Å². The van der Waals surface area contributed by atoms with E-state index in [1.807, 2.05) is 24.3 Å². The van der Waals surface area contributed by atoms with Crippen molar-refractivity contribution < 1.29 is 9.53 Å². The number of nitrogen functional groups attached to an aromatic ring is 1. The van der Waals surface area contributed by atoms with Gasteiger partial charge in [0.25, 0.3) is 0 Å². The number of anilines is 1. The number of nitrogens with zero attached hydrogens (tertiary/aromatic N) is 1. The number of carbonyl (C=O) groups is 1. The Labute approximate surface area is 126 Å². The van der Waals surface area contributed by atoms with E-state index < -0.39 is 0 Å². The van der Waals surface area contributed by atoms with Crippen LogP contribution < -0.4 is 5.73 Å². The third-order valence-electron chi connectivity index (χ3n) is 4.83. The number of ether oxygens (including phenoxy) is 1. The Morgan fingerprint density at radius 3 is 2.71 bits per heavy atom. The van der Waals surface area contributed by atoms with Gasteiger partial charge in [-0.2, -0.15) is 0 Å². The largest absolute Gasteiger partial charge is 0.399 e. The van der Waals surface area contributed by atoms with Gasteiger partial charge in [0, 0.05) is 25.9 Å². The normalized spacial score (nSPS) is 23.9. The van der Waals surface area contributed by atoms with Crippen LogP contribution >= 0.6 is 0 Å². The summed E-state index contributed by atoms with van der Waals surface area (Å²) in [7, 11) is 1.73. The van der Waals surface area contributed by atoms with Crippen LogP contribution in [0.2, 0.25) is 0 Å². The molecule has 1 aromatic carbocycles. The average Bonchev–Trinajstić information content (AvgIpc) is 3.29. The number of benzene rings is 1. The van der Waals surface area contributed by atoms with E-state index >= 15 is 0 Å². The van der Waals surface area contributed by atoms with Crippen LogP contribution in [0.4, 0.5) is 5.69 Å². The standard InChI is InChI=1S/C17H24N2O2/c1-21-12-13-3-2-10-19(11-13)16(20)17(8-9-17)14-4-6-15(18)7-5-14/h4-7,13H,2-3,8-12,18H2,1H3. The first-order valence-electron chi connectivity index (χ1n) is 7.80. The molecule has 0 spiro atoms. The number of likely N-dealkylation sites (tertiary alicyclic amines) is 1. The molecule has 2 aliphatic rings. The van der Waals surface area contributed by atoms with Crippen molar-refractivity contribution in [3.63, 3.8) is 0 Å². The van der Waals surface area contributed by atoms with Gasteiger partial charge in [-0.15, -0.1) is 0 Å². The molecular formula is C17H24N2O2. The molecule has 21 heavy (non-hydrogen) atoms. The monoisotopic (exact) mass is 288 g/mol. The molecule has 1 saturated carbocycles. The van der Waals surface area contributed by atoms with Crippen molar-refractivity contribution in [2.24, 2.45) is 5.92 Å². The van der Waals surface area contributed by atoms with E-state index in [0.29, 0.717) is 11.8 Å². The van der Waals surface area contributed by atoms with Gasteiger partial charge in [-0.3, -0.25) is 4.79 Å². The molecule has 4 heteroatoms. The summed E-state index contributed by atoms with van der Waals surface area (Å²) in [6.07, 6.45) is 4.16. The highest BCUT2D eigenvalue weighted by Crippen LogP contribution is 2.50. The fourth-order valence-electron chi connectivity index (χ4n) is 3.48. The van der Waals surface area contributed by atoms with Crippen LogP contribution in [-0.2, 0) is 14.9 Å². The third-order valence-corrected chi connectivity index (χ3v) is 4.83. The molecule has 114 valence electrons. The molecule has 3 rings (SSSR count). The number of hydrogen-bond acceptors (Lipinski definition) is 3. The summed E-state index contributed by atoms with van der Waals surface area (Å²) in [5.41, 5.74) is 7.35. The number of hydrogen-bond donors (Lipinski definition) is 1. The maximum absolute atomic E-state index is 13.0. The summed E-state index contributed by atoms with van der Waals surface area (Å²) in [6, 6.07) is 7.81. The number of carbonyl (C=O) groups excluding carboxylic acids is 1. The van der Waals surface area contributed by atoms with Crippen LogP contribution in [0.25, 0.3) is 0 Å². The number of methoxy groups -OCH3 is 1. The first kappa shape index (κ1) is 14.4. The van der Waals surface area contributed by atoms with Crippen LogP contribution in [0.3, 0.4) is 0 Å². The van der Waals surface area contributed by atoms with Crippen molar-refractivity contribution in [2.75, 3.05) is 32.5 Å². The summed E-state index contributed by atoms with van der Waals surface area (Å²) in [5.74, 6) is 0.781. The predicted molar refractivity (Wildman–Crippen MR) is 82.9 cm³/mol. The van der Waals surface area contributed by atoms with E-state index in [1.54, 1.807) is 7.11 Å². The summed E-state index contributed by atoms with van der Waals surface area (Å²) >= 11 is 0. The van der Waals surface area contributed by atoms with Gasteiger partial charge in [-0.1, -0.05) is 12.1 Å². The lowest BCUT2D eigenvalue weighted by Crippen LogP contribution is -2.45. The lowest BCUT2D eigenvalue weighted by atomic mass is 9.91. The van der Waals surface area contributed by atoms with Crippen LogP contribution in [0.5, 0.6) is 0 Å². The minimum Gasteiger partial charge on any atom is -0.399 e. The summed E-state index contributed by atoms with van der Waals surface area (Å²) in [4.78, 5) is 15.0. The molecule has 0 radical (unpaired) electrons. The highest BCUT2D eigenvalue weighted by molar-refractivity contribution is 5.91. The quantitative estimate of drug-likeness (QED) is 0.864. The molecule has 0 bridgehead atoms. The van der Waals surface area contributed by atoms with Gasteiger partial charge in [0.2, 0.25) is 5.91 Å². The Balaban J connectivity index is 1.73. The molecule has 1 unspecified atom stereocenters. The van der Waals surface area contributed by atoms with Gasteiger partial charge >= 0.3 is 0 Å². The van der Waals surface area contributed by atoms with Crippen LogP contribution in [0, 0.1) is 5.92 Å². The second-order valence-corrected chi connectivity index (χ2v) is 6.42. The van der Waals surface area contributed by atoms with Crippen LogP contribution in [0.15, 0.2) is 24.3 Å². The molecule has 1 aromatic rings. The van der Waals surface area contributed by atoms with E-state index in [2.05, 4.69) is 4.90 Å². The molecule has 1 aliphatic heterocycles. The minimum atomic E-state index is -0.275.